The van der Waals surface area contributed by atoms with E-state index >= 15 is 0 Å². The molecule has 1 rings (SSSR count). The summed E-state index contributed by atoms with van der Waals surface area (Å²) < 4.78 is 5.38. The van der Waals surface area contributed by atoms with Crippen molar-refractivity contribution < 1.29 is 9.84 Å². The predicted molar refractivity (Wildman–Crippen MR) is 58.9 cm³/mol. The van der Waals surface area contributed by atoms with Crippen molar-refractivity contribution in [3.8, 4) is 5.88 Å². The first kappa shape index (κ1) is 11.9. The van der Waals surface area contributed by atoms with Gasteiger partial charge in [0.25, 0.3) is 0 Å². The van der Waals surface area contributed by atoms with Crippen molar-refractivity contribution in [1.29, 1.82) is 0 Å². The van der Waals surface area contributed by atoms with Gasteiger partial charge in [-0.2, -0.15) is 0 Å². The van der Waals surface area contributed by atoms with Gasteiger partial charge in [-0.05, 0) is 25.6 Å². The van der Waals surface area contributed by atoms with E-state index in [9.17, 15) is 0 Å². The van der Waals surface area contributed by atoms with Gasteiger partial charge in [-0.1, -0.05) is 0 Å². The molecule has 0 amide bonds. The maximum absolute atomic E-state index is 8.61. The Balaban J connectivity index is 2.57. The van der Waals surface area contributed by atoms with Crippen molar-refractivity contribution in [2.45, 2.75) is 19.4 Å². The highest BCUT2D eigenvalue weighted by molar-refractivity contribution is 5.23. The van der Waals surface area contributed by atoms with E-state index in [1.165, 1.54) is 0 Å². The molecule has 0 spiro atoms. The molecule has 2 N–H and O–H groups in total. The number of nitrogens with one attached hydrogen (secondary N) is 1. The Bertz CT molecular complexity index is 292. The maximum Gasteiger partial charge on any atom is 0.213 e. The van der Waals surface area contributed by atoms with Gasteiger partial charge in [-0.15, -0.1) is 0 Å². The molecule has 0 fully saturated rings. The standard InChI is InChI=1S/C11H18N2O2/c1-9(12-2)10-4-5-13-11(8-10)15-7-3-6-14/h4-5,8-9,12,14H,3,6-7H2,1-2H3. The lowest BCUT2D eigenvalue weighted by molar-refractivity contribution is 0.229. The molecule has 0 saturated heterocycles. The van der Waals surface area contributed by atoms with Gasteiger partial charge in [-0.3, -0.25) is 0 Å². The van der Waals surface area contributed by atoms with Crippen LogP contribution in [-0.4, -0.2) is 30.4 Å². The van der Waals surface area contributed by atoms with Crippen LogP contribution in [0.5, 0.6) is 5.88 Å². The topological polar surface area (TPSA) is 54.4 Å². The highest BCUT2D eigenvalue weighted by Crippen LogP contribution is 2.15. The highest BCUT2D eigenvalue weighted by Gasteiger charge is 2.04. The van der Waals surface area contributed by atoms with E-state index in [1.54, 1.807) is 6.20 Å². The molecule has 4 nitrogen and oxygen atoms in total. The van der Waals surface area contributed by atoms with Gasteiger partial charge >= 0.3 is 0 Å². The monoisotopic (exact) mass is 210 g/mol. The van der Waals surface area contributed by atoms with Crippen molar-refractivity contribution in [2.24, 2.45) is 0 Å². The Morgan fingerprint density at radius 3 is 3.07 bits per heavy atom. The SMILES string of the molecule is CNC(C)c1ccnc(OCCCO)c1. The van der Waals surface area contributed by atoms with Gasteiger partial charge in [-0.25, -0.2) is 4.98 Å². The first-order valence-electron chi connectivity index (χ1n) is 5.14. The van der Waals surface area contributed by atoms with Crippen molar-refractivity contribution in [2.75, 3.05) is 20.3 Å². The third-order valence-corrected chi connectivity index (χ3v) is 2.24. The molecule has 1 aromatic rings. The first-order chi connectivity index (χ1) is 7.27. The summed E-state index contributed by atoms with van der Waals surface area (Å²) in [7, 11) is 1.91. The van der Waals surface area contributed by atoms with Crippen LogP contribution in [-0.2, 0) is 0 Å². The molecule has 1 aromatic heterocycles. The Labute approximate surface area is 90.3 Å². The Kier molecular flexibility index (Phi) is 5.07. The third-order valence-electron chi connectivity index (χ3n) is 2.24. The summed E-state index contributed by atoms with van der Waals surface area (Å²) in [5, 5.41) is 11.8. The lowest BCUT2D eigenvalue weighted by Gasteiger charge is -2.11. The summed E-state index contributed by atoms with van der Waals surface area (Å²) in [5.41, 5.74) is 1.14. The number of hydrogen-bond acceptors (Lipinski definition) is 4. The number of aliphatic hydroxyl groups excluding tert-OH is 1. The van der Waals surface area contributed by atoms with Crippen LogP contribution in [0.2, 0.25) is 0 Å². The van der Waals surface area contributed by atoms with Crippen LogP contribution in [0, 0.1) is 0 Å². The van der Waals surface area contributed by atoms with Crippen LogP contribution in [0.3, 0.4) is 0 Å². The predicted octanol–water partition coefficient (Wildman–Crippen LogP) is 1.12. The van der Waals surface area contributed by atoms with Crippen molar-refractivity contribution in [3.05, 3.63) is 23.9 Å². The smallest absolute Gasteiger partial charge is 0.213 e. The number of ether oxygens (including phenoxy) is 1. The number of hydrogen-bond donors (Lipinski definition) is 2. The second-order valence-electron chi connectivity index (χ2n) is 3.36. The van der Waals surface area contributed by atoms with E-state index in [0.717, 1.165) is 5.56 Å². The number of aliphatic hydroxyl groups is 1. The zero-order valence-electron chi connectivity index (χ0n) is 9.23. The van der Waals surface area contributed by atoms with Gasteiger partial charge in [0.15, 0.2) is 0 Å². The summed E-state index contributed by atoms with van der Waals surface area (Å²) in [6, 6.07) is 4.16. The molecule has 0 aliphatic carbocycles. The lowest BCUT2D eigenvalue weighted by Crippen LogP contribution is -2.12. The molecule has 0 saturated carbocycles. The van der Waals surface area contributed by atoms with E-state index in [2.05, 4.69) is 17.2 Å². The largest absolute Gasteiger partial charge is 0.478 e. The van der Waals surface area contributed by atoms with Gasteiger partial charge < -0.3 is 15.2 Å². The summed E-state index contributed by atoms with van der Waals surface area (Å²) in [5.74, 6) is 0.614. The minimum atomic E-state index is 0.145. The van der Waals surface area contributed by atoms with E-state index in [0.29, 0.717) is 18.9 Å². The van der Waals surface area contributed by atoms with Crippen molar-refractivity contribution in [1.82, 2.24) is 10.3 Å². The molecule has 15 heavy (non-hydrogen) atoms. The zero-order valence-corrected chi connectivity index (χ0v) is 9.23. The average Bonchev–Trinajstić information content (AvgIpc) is 2.29. The van der Waals surface area contributed by atoms with Crippen molar-refractivity contribution in [3.63, 3.8) is 0 Å². The van der Waals surface area contributed by atoms with Crippen LogP contribution in [0.15, 0.2) is 18.3 Å². The summed E-state index contributed by atoms with van der Waals surface area (Å²) in [6.45, 7) is 2.72. The molecule has 0 aliphatic rings. The van der Waals surface area contributed by atoms with Crippen molar-refractivity contribution >= 4 is 0 Å². The molecule has 0 aromatic carbocycles. The summed E-state index contributed by atoms with van der Waals surface area (Å²) in [4.78, 5) is 4.10. The average molecular weight is 210 g/mol. The van der Waals surface area contributed by atoms with E-state index in [4.69, 9.17) is 9.84 Å². The number of aromatic nitrogens is 1. The molecule has 1 heterocycles. The quantitative estimate of drug-likeness (QED) is 0.691. The fourth-order valence-electron chi connectivity index (χ4n) is 1.18. The molecular weight excluding hydrogens is 192 g/mol. The number of nitrogens with zero attached hydrogens (tertiary/aromatic N) is 1. The van der Waals surface area contributed by atoms with Crippen LogP contribution >= 0.6 is 0 Å². The highest BCUT2D eigenvalue weighted by atomic mass is 16.5. The zero-order chi connectivity index (χ0) is 11.1. The number of pyridine rings is 1. The number of rotatable bonds is 6. The van der Waals surface area contributed by atoms with Gasteiger partial charge in [0.1, 0.15) is 0 Å². The van der Waals surface area contributed by atoms with E-state index in [1.807, 2.05) is 19.2 Å². The molecule has 84 valence electrons. The van der Waals surface area contributed by atoms with Gasteiger partial charge in [0.05, 0.1) is 6.61 Å². The molecule has 4 heteroatoms. The van der Waals surface area contributed by atoms with Gasteiger partial charge in [0, 0.05) is 31.3 Å². The summed E-state index contributed by atoms with van der Waals surface area (Å²) in [6.07, 6.45) is 2.37. The maximum atomic E-state index is 8.61. The second-order valence-corrected chi connectivity index (χ2v) is 3.36. The van der Waals surface area contributed by atoms with E-state index < -0.39 is 0 Å². The molecule has 0 bridgehead atoms. The Morgan fingerprint density at radius 1 is 1.60 bits per heavy atom. The van der Waals surface area contributed by atoms with Crippen LogP contribution in [0.1, 0.15) is 24.9 Å². The second kappa shape index (κ2) is 6.37. The Hall–Kier alpha value is -1.13. The molecule has 0 aliphatic heterocycles. The lowest BCUT2D eigenvalue weighted by atomic mass is 10.1. The first-order valence-corrected chi connectivity index (χ1v) is 5.14. The van der Waals surface area contributed by atoms with Crippen LogP contribution in [0.25, 0.3) is 0 Å². The molecule has 1 unspecified atom stereocenters. The fourth-order valence-corrected chi connectivity index (χ4v) is 1.18. The normalized spacial score (nSPS) is 12.5. The van der Waals surface area contributed by atoms with Crippen LogP contribution in [0.4, 0.5) is 0 Å². The molecular formula is C11H18N2O2. The molecule has 0 radical (unpaired) electrons. The minimum absolute atomic E-state index is 0.145. The molecule has 1 atom stereocenters. The Morgan fingerprint density at radius 2 is 2.40 bits per heavy atom. The fraction of sp³-hybridized carbons (Fsp3) is 0.545. The van der Waals surface area contributed by atoms with Gasteiger partial charge in [0.2, 0.25) is 5.88 Å². The minimum Gasteiger partial charge on any atom is -0.478 e. The third kappa shape index (κ3) is 3.85. The van der Waals surface area contributed by atoms with Crippen LogP contribution < -0.4 is 10.1 Å². The van der Waals surface area contributed by atoms with E-state index in [-0.39, 0.29) is 12.6 Å². The summed E-state index contributed by atoms with van der Waals surface area (Å²) >= 11 is 0.